The molecule has 78 valence electrons. The molecule has 1 aromatic rings. The Morgan fingerprint density at radius 2 is 2.14 bits per heavy atom. The van der Waals surface area contributed by atoms with Gasteiger partial charge in [0.05, 0.1) is 32.6 Å². The van der Waals surface area contributed by atoms with Gasteiger partial charge in [0.1, 0.15) is 0 Å². The van der Waals surface area contributed by atoms with E-state index in [0.29, 0.717) is 9.92 Å². The Balaban J connectivity index is 2.75. The van der Waals surface area contributed by atoms with Crippen molar-refractivity contribution in [1.29, 1.82) is 0 Å². The molecule has 5 heteroatoms. The monoisotopic (exact) mass is 233 g/mol. The van der Waals surface area contributed by atoms with E-state index in [-0.39, 0.29) is 12.3 Å². The van der Waals surface area contributed by atoms with E-state index in [1.165, 1.54) is 0 Å². The minimum atomic E-state index is -1.29. The average molecular weight is 234 g/mol. The van der Waals surface area contributed by atoms with Crippen molar-refractivity contribution >= 4 is 22.4 Å². The van der Waals surface area contributed by atoms with Crippen molar-refractivity contribution in [3.8, 4) is 0 Å². The predicted octanol–water partition coefficient (Wildman–Crippen LogP) is 0.767. The Morgan fingerprint density at radius 1 is 1.50 bits per heavy atom. The van der Waals surface area contributed by atoms with Crippen LogP contribution in [0.4, 0.5) is 0 Å². The lowest BCUT2D eigenvalue weighted by Crippen LogP contribution is -2.26. The van der Waals surface area contributed by atoms with Crippen LogP contribution in [0, 0.1) is 0 Å². The second-order valence-electron chi connectivity index (χ2n) is 2.83. The van der Waals surface area contributed by atoms with Gasteiger partial charge < -0.3 is 10.8 Å². The number of hydrogen-bond acceptors (Lipinski definition) is 3. The minimum Gasteiger partial charge on any atom is -0.391 e. The Hall–Kier alpha value is -0.420. The van der Waals surface area contributed by atoms with Crippen molar-refractivity contribution in [1.82, 2.24) is 0 Å². The van der Waals surface area contributed by atoms with Gasteiger partial charge in [-0.15, -0.1) is 0 Å². The summed E-state index contributed by atoms with van der Waals surface area (Å²) < 4.78 is 11.6. The molecule has 0 saturated heterocycles. The van der Waals surface area contributed by atoms with Crippen molar-refractivity contribution in [2.24, 2.45) is 5.73 Å². The molecule has 3 N–H and O–H groups in total. The molecule has 0 radical (unpaired) electrons. The summed E-state index contributed by atoms with van der Waals surface area (Å²) in [7, 11) is -1.29. The number of rotatable bonds is 4. The van der Waals surface area contributed by atoms with E-state index in [1.54, 1.807) is 24.3 Å². The van der Waals surface area contributed by atoms with Crippen LogP contribution < -0.4 is 5.73 Å². The molecule has 14 heavy (non-hydrogen) atoms. The van der Waals surface area contributed by atoms with Crippen molar-refractivity contribution in [2.75, 3.05) is 12.3 Å². The average Bonchev–Trinajstić information content (AvgIpc) is 2.18. The number of benzene rings is 1. The molecule has 1 aromatic carbocycles. The van der Waals surface area contributed by atoms with Gasteiger partial charge in [-0.1, -0.05) is 23.7 Å². The first kappa shape index (κ1) is 11.7. The van der Waals surface area contributed by atoms with Gasteiger partial charge in [0.15, 0.2) is 0 Å². The highest BCUT2D eigenvalue weighted by atomic mass is 35.5. The van der Waals surface area contributed by atoms with Gasteiger partial charge >= 0.3 is 0 Å². The summed E-state index contributed by atoms with van der Waals surface area (Å²) in [6.07, 6.45) is -0.743. The lowest BCUT2D eigenvalue weighted by atomic mass is 10.4. The Bertz CT molecular complexity index is 332. The van der Waals surface area contributed by atoms with E-state index < -0.39 is 16.9 Å². The molecule has 2 unspecified atom stereocenters. The maximum Gasteiger partial charge on any atom is 0.0781 e. The maximum atomic E-state index is 11.6. The molecule has 0 heterocycles. The van der Waals surface area contributed by atoms with Gasteiger partial charge in [0, 0.05) is 6.54 Å². The second kappa shape index (κ2) is 5.46. The lowest BCUT2D eigenvalue weighted by molar-refractivity contribution is 0.207. The van der Waals surface area contributed by atoms with E-state index in [0.717, 1.165) is 0 Å². The number of hydrogen-bond donors (Lipinski definition) is 2. The first-order chi connectivity index (χ1) is 6.65. The molecule has 0 aliphatic heterocycles. The fourth-order valence-electron chi connectivity index (χ4n) is 0.962. The van der Waals surface area contributed by atoms with E-state index in [2.05, 4.69) is 0 Å². The molecule has 0 aromatic heterocycles. The topological polar surface area (TPSA) is 63.3 Å². The van der Waals surface area contributed by atoms with Crippen LogP contribution in [-0.4, -0.2) is 27.7 Å². The van der Waals surface area contributed by atoms with Crippen LogP contribution in [0.25, 0.3) is 0 Å². The van der Waals surface area contributed by atoms with Gasteiger partial charge in [-0.2, -0.15) is 0 Å². The molecule has 0 bridgehead atoms. The summed E-state index contributed by atoms with van der Waals surface area (Å²) in [4.78, 5) is 0.543. The summed E-state index contributed by atoms with van der Waals surface area (Å²) in [5.41, 5.74) is 5.22. The number of aliphatic hydroxyl groups excluding tert-OH is 1. The molecule has 3 nitrogen and oxygen atoms in total. The van der Waals surface area contributed by atoms with Crippen LogP contribution in [0.2, 0.25) is 5.02 Å². The molecule has 0 saturated carbocycles. The minimum absolute atomic E-state index is 0.107. The SMILES string of the molecule is NCC(O)CS(=O)c1ccccc1Cl. The van der Waals surface area contributed by atoms with Crippen molar-refractivity contribution in [3.63, 3.8) is 0 Å². The maximum absolute atomic E-state index is 11.6. The lowest BCUT2D eigenvalue weighted by Gasteiger charge is -2.08. The highest BCUT2D eigenvalue weighted by Gasteiger charge is 2.12. The van der Waals surface area contributed by atoms with Crippen LogP contribution in [0.5, 0.6) is 0 Å². The van der Waals surface area contributed by atoms with Gasteiger partial charge in [-0.25, -0.2) is 0 Å². The van der Waals surface area contributed by atoms with E-state index in [4.69, 9.17) is 17.3 Å². The van der Waals surface area contributed by atoms with Crippen LogP contribution in [0.3, 0.4) is 0 Å². The molecular weight excluding hydrogens is 222 g/mol. The van der Waals surface area contributed by atoms with Gasteiger partial charge in [0.2, 0.25) is 0 Å². The Labute approximate surface area is 90.3 Å². The summed E-state index contributed by atoms with van der Waals surface area (Å²) in [5.74, 6) is 0.125. The summed E-state index contributed by atoms with van der Waals surface area (Å²) in [5, 5.41) is 9.67. The Kier molecular flexibility index (Phi) is 4.54. The third kappa shape index (κ3) is 3.06. The normalized spacial score (nSPS) is 15.1. The van der Waals surface area contributed by atoms with Crippen molar-refractivity contribution < 1.29 is 9.32 Å². The largest absolute Gasteiger partial charge is 0.391 e. The van der Waals surface area contributed by atoms with Crippen LogP contribution in [-0.2, 0) is 10.8 Å². The number of nitrogens with two attached hydrogens (primary N) is 1. The van der Waals surface area contributed by atoms with Gasteiger partial charge in [0.25, 0.3) is 0 Å². The zero-order valence-corrected chi connectivity index (χ0v) is 9.09. The highest BCUT2D eigenvalue weighted by molar-refractivity contribution is 7.85. The molecule has 0 aliphatic rings. The molecule has 0 amide bonds. The molecule has 0 fully saturated rings. The fourth-order valence-corrected chi connectivity index (χ4v) is 2.54. The highest BCUT2D eigenvalue weighted by Crippen LogP contribution is 2.19. The summed E-state index contributed by atoms with van der Waals surface area (Å²) in [6.45, 7) is 0.107. The molecule has 1 rings (SSSR count). The standard InChI is InChI=1S/C9H12ClNO2S/c10-8-3-1-2-4-9(8)14(13)6-7(12)5-11/h1-4,7,12H,5-6,11H2. The van der Waals surface area contributed by atoms with Crippen molar-refractivity contribution in [2.45, 2.75) is 11.0 Å². The third-order valence-corrected chi connectivity index (χ3v) is 3.67. The third-order valence-electron chi connectivity index (χ3n) is 1.70. The predicted molar refractivity (Wildman–Crippen MR) is 57.8 cm³/mol. The number of halogens is 1. The first-order valence-corrected chi connectivity index (χ1v) is 5.86. The van der Waals surface area contributed by atoms with Gasteiger partial charge in [-0.3, -0.25) is 4.21 Å². The quantitative estimate of drug-likeness (QED) is 0.808. The Morgan fingerprint density at radius 3 is 2.71 bits per heavy atom. The summed E-state index contributed by atoms with van der Waals surface area (Å²) in [6, 6.07) is 6.88. The fraction of sp³-hybridized carbons (Fsp3) is 0.333. The van der Waals surface area contributed by atoms with E-state index in [9.17, 15) is 9.32 Å². The smallest absolute Gasteiger partial charge is 0.0781 e. The molecular formula is C9H12ClNO2S. The molecule has 0 aliphatic carbocycles. The summed E-state index contributed by atoms with van der Waals surface area (Å²) >= 11 is 5.84. The van der Waals surface area contributed by atoms with Crippen LogP contribution >= 0.6 is 11.6 Å². The molecule has 2 atom stereocenters. The van der Waals surface area contributed by atoms with E-state index in [1.807, 2.05) is 0 Å². The van der Waals surface area contributed by atoms with Crippen LogP contribution in [0.1, 0.15) is 0 Å². The van der Waals surface area contributed by atoms with Crippen LogP contribution in [0.15, 0.2) is 29.2 Å². The van der Waals surface area contributed by atoms with E-state index >= 15 is 0 Å². The first-order valence-electron chi connectivity index (χ1n) is 4.16. The zero-order chi connectivity index (χ0) is 10.6. The number of aliphatic hydroxyl groups is 1. The molecule has 0 spiro atoms. The zero-order valence-electron chi connectivity index (χ0n) is 7.52. The van der Waals surface area contributed by atoms with Crippen molar-refractivity contribution in [3.05, 3.63) is 29.3 Å². The van der Waals surface area contributed by atoms with Gasteiger partial charge in [-0.05, 0) is 12.1 Å². The second-order valence-corrected chi connectivity index (χ2v) is 4.70.